The van der Waals surface area contributed by atoms with Gasteiger partial charge < -0.3 is 5.32 Å². The summed E-state index contributed by atoms with van der Waals surface area (Å²) in [7, 11) is -3.41. The van der Waals surface area contributed by atoms with Crippen LogP contribution >= 0.6 is 11.3 Å². The molecule has 0 saturated heterocycles. The van der Waals surface area contributed by atoms with Gasteiger partial charge in [-0.25, -0.2) is 13.1 Å². The van der Waals surface area contributed by atoms with Crippen LogP contribution in [0, 0.1) is 5.92 Å². The van der Waals surface area contributed by atoms with Crippen LogP contribution < -0.4 is 10.0 Å². The third-order valence-corrected chi connectivity index (χ3v) is 6.92. The van der Waals surface area contributed by atoms with E-state index in [0.717, 1.165) is 24.3 Å². The molecule has 0 amide bonds. The number of thiophene rings is 1. The number of sulfonamides is 1. The Kier molecular flexibility index (Phi) is 6.22. The molecule has 1 atom stereocenters. The Labute approximate surface area is 132 Å². The van der Waals surface area contributed by atoms with Crippen molar-refractivity contribution in [2.24, 2.45) is 5.92 Å². The van der Waals surface area contributed by atoms with Gasteiger partial charge in [0.15, 0.2) is 0 Å². The lowest BCUT2D eigenvalue weighted by Gasteiger charge is -2.28. The topological polar surface area (TPSA) is 58.2 Å². The zero-order chi connectivity index (χ0) is 15.3. The van der Waals surface area contributed by atoms with Crippen LogP contribution in [0.5, 0.6) is 0 Å². The molecule has 1 aromatic rings. The van der Waals surface area contributed by atoms with Gasteiger partial charge in [0.1, 0.15) is 0 Å². The first-order chi connectivity index (χ1) is 10.0. The van der Waals surface area contributed by atoms with Crippen LogP contribution in [0.3, 0.4) is 0 Å². The van der Waals surface area contributed by atoms with Gasteiger partial charge in [-0.05, 0) is 43.7 Å². The first-order valence-electron chi connectivity index (χ1n) is 7.84. The molecular weight excluding hydrogens is 304 g/mol. The average Bonchev–Trinajstić information content (AvgIpc) is 2.95. The molecule has 1 aliphatic carbocycles. The molecule has 21 heavy (non-hydrogen) atoms. The standard InChI is InChI=1S/C15H26N2O2S2/c1-3-16-11-14-15(9-10-20-14)21(18,19)17-12(2)13-7-5-4-6-8-13/h9-10,12-13,16-17H,3-8,11H2,1-2H3. The van der Waals surface area contributed by atoms with Gasteiger partial charge in [0, 0.05) is 17.5 Å². The van der Waals surface area contributed by atoms with Gasteiger partial charge in [0.2, 0.25) is 10.0 Å². The van der Waals surface area contributed by atoms with E-state index in [1.807, 2.05) is 19.2 Å². The van der Waals surface area contributed by atoms with Crippen LogP contribution in [0.4, 0.5) is 0 Å². The summed E-state index contributed by atoms with van der Waals surface area (Å²) < 4.78 is 28.1. The van der Waals surface area contributed by atoms with Crippen molar-refractivity contribution in [3.63, 3.8) is 0 Å². The molecule has 4 nitrogen and oxygen atoms in total. The van der Waals surface area contributed by atoms with Crippen LogP contribution in [-0.4, -0.2) is 21.0 Å². The predicted molar refractivity (Wildman–Crippen MR) is 88.1 cm³/mol. The molecule has 1 aromatic heterocycles. The quantitative estimate of drug-likeness (QED) is 0.807. The van der Waals surface area contributed by atoms with Crippen LogP contribution in [0.1, 0.15) is 50.8 Å². The maximum absolute atomic E-state index is 12.6. The van der Waals surface area contributed by atoms with Crippen LogP contribution in [-0.2, 0) is 16.6 Å². The number of nitrogens with one attached hydrogen (secondary N) is 2. The summed E-state index contributed by atoms with van der Waals surface area (Å²) in [5.74, 6) is 0.476. The molecule has 1 heterocycles. The van der Waals surface area contributed by atoms with Gasteiger partial charge in [-0.3, -0.25) is 0 Å². The van der Waals surface area contributed by atoms with Gasteiger partial charge >= 0.3 is 0 Å². The molecule has 0 aromatic carbocycles. The van der Waals surface area contributed by atoms with Crippen LogP contribution in [0.25, 0.3) is 0 Å². The summed E-state index contributed by atoms with van der Waals surface area (Å²) in [6, 6.07) is 1.73. The summed E-state index contributed by atoms with van der Waals surface area (Å²) in [5, 5.41) is 5.05. The van der Waals surface area contributed by atoms with Crippen LogP contribution in [0.15, 0.2) is 16.3 Å². The summed E-state index contributed by atoms with van der Waals surface area (Å²) in [5.41, 5.74) is 0. The second-order valence-electron chi connectivity index (χ2n) is 5.80. The SMILES string of the molecule is CCNCc1sccc1S(=O)(=O)NC(C)C1CCCCC1. The van der Waals surface area contributed by atoms with Gasteiger partial charge in [0.25, 0.3) is 0 Å². The Morgan fingerprint density at radius 1 is 1.33 bits per heavy atom. The first-order valence-corrected chi connectivity index (χ1v) is 10.2. The smallest absolute Gasteiger partial charge is 0.241 e. The molecule has 0 spiro atoms. The molecule has 2 rings (SSSR count). The maximum atomic E-state index is 12.6. The normalized spacial score (nSPS) is 18.8. The molecule has 2 N–H and O–H groups in total. The van der Waals surface area contributed by atoms with Gasteiger partial charge in [-0.1, -0.05) is 26.2 Å². The van der Waals surface area contributed by atoms with Crippen molar-refractivity contribution in [1.29, 1.82) is 0 Å². The molecule has 0 bridgehead atoms. The van der Waals surface area contributed by atoms with E-state index in [2.05, 4.69) is 10.0 Å². The summed E-state index contributed by atoms with van der Waals surface area (Å²) >= 11 is 1.50. The van der Waals surface area contributed by atoms with E-state index in [0.29, 0.717) is 17.4 Å². The second-order valence-corrected chi connectivity index (χ2v) is 8.48. The average molecular weight is 331 g/mol. The van der Waals surface area contributed by atoms with E-state index < -0.39 is 10.0 Å². The highest BCUT2D eigenvalue weighted by Crippen LogP contribution is 2.28. The lowest BCUT2D eigenvalue weighted by atomic mass is 9.85. The minimum atomic E-state index is -3.41. The van der Waals surface area contributed by atoms with E-state index in [-0.39, 0.29) is 6.04 Å². The minimum absolute atomic E-state index is 0.0159. The summed E-state index contributed by atoms with van der Waals surface area (Å²) in [6.07, 6.45) is 6.00. The van der Waals surface area contributed by atoms with E-state index in [9.17, 15) is 8.42 Å². The van der Waals surface area contributed by atoms with Crippen molar-refractivity contribution in [3.8, 4) is 0 Å². The van der Waals surface area contributed by atoms with Gasteiger partial charge in [0.05, 0.1) is 4.90 Å². The molecule has 1 fully saturated rings. The van der Waals surface area contributed by atoms with E-state index in [1.54, 1.807) is 6.07 Å². The Hall–Kier alpha value is -0.430. The second kappa shape index (κ2) is 7.72. The molecule has 1 unspecified atom stereocenters. The lowest BCUT2D eigenvalue weighted by Crippen LogP contribution is -2.39. The molecule has 6 heteroatoms. The highest BCUT2D eigenvalue weighted by atomic mass is 32.2. The van der Waals surface area contributed by atoms with E-state index in [4.69, 9.17) is 0 Å². The fourth-order valence-electron chi connectivity index (χ4n) is 2.97. The molecule has 0 aliphatic heterocycles. The molecule has 0 radical (unpaired) electrons. The fourth-order valence-corrected chi connectivity index (χ4v) is 5.70. The van der Waals surface area contributed by atoms with Crippen molar-refractivity contribution in [2.75, 3.05) is 6.54 Å². The zero-order valence-corrected chi connectivity index (χ0v) is 14.5. The number of rotatable bonds is 7. The van der Waals surface area contributed by atoms with E-state index in [1.165, 1.54) is 30.6 Å². The van der Waals surface area contributed by atoms with Crippen LogP contribution in [0.2, 0.25) is 0 Å². The monoisotopic (exact) mass is 330 g/mol. The summed E-state index contributed by atoms with van der Waals surface area (Å²) in [6.45, 7) is 5.47. The van der Waals surface area contributed by atoms with E-state index >= 15 is 0 Å². The Balaban J connectivity index is 2.05. The van der Waals surface area contributed by atoms with Gasteiger partial charge in [-0.15, -0.1) is 11.3 Å². The number of hydrogen-bond donors (Lipinski definition) is 2. The fraction of sp³-hybridized carbons (Fsp3) is 0.733. The molecule has 1 saturated carbocycles. The van der Waals surface area contributed by atoms with Crippen molar-refractivity contribution in [3.05, 3.63) is 16.3 Å². The molecule has 120 valence electrons. The minimum Gasteiger partial charge on any atom is -0.312 e. The Bertz CT molecular complexity index is 534. The molecular formula is C15H26N2O2S2. The van der Waals surface area contributed by atoms with Crippen molar-refractivity contribution >= 4 is 21.4 Å². The lowest BCUT2D eigenvalue weighted by molar-refractivity contribution is 0.303. The third-order valence-electron chi connectivity index (χ3n) is 4.23. The summed E-state index contributed by atoms with van der Waals surface area (Å²) in [4.78, 5) is 1.33. The third kappa shape index (κ3) is 4.52. The zero-order valence-electron chi connectivity index (χ0n) is 12.9. The van der Waals surface area contributed by atoms with Crippen molar-refractivity contribution < 1.29 is 8.42 Å². The highest BCUT2D eigenvalue weighted by molar-refractivity contribution is 7.89. The van der Waals surface area contributed by atoms with Crippen molar-refractivity contribution in [1.82, 2.24) is 10.0 Å². The number of hydrogen-bond acceptors (Lipinski definition) is 4. The van der Waals surface area contributed by atoms with Gasteiger partial charge in [-0.2, -0.15) is 0 Å². The Morgan fingerprint density at radius 2 is 2.05 bits per heavy atom. The maximum Gasteiger partial charge on any atom is 0.241 e. The van der Waals surface area contributed by atoms with Crippen molar-refractivity contribution in [2.45, 2.75) is 63.4 Å². The highest BCUT2D eigenvalue weighted by Gasteiger charge is 2.26. The molecule has 1 aliphatic rings. The Morgan fingerprint density at radius 3 is 2.71 bits per heavy atom. The largest absolute Gasteiger partial charge is 0.312 e. The first kappa shape index (κ1) is 16.9. The predicted octanol–water partition coefficient (Wildman–Crippen LogP) is 3.10.